The largest absolute Gasteiger partial charge is 0.480 e. The Morgan fingerprint density at radius 2 is 1.71 bits per heavy atom. The molecule has 0 aliphatic carbocycles. The van der Waals surface area contributed by atoms with Crippen LogP contribution in [0.15, 0.2) is 82.5 Å². The van der Waals surface area contributed by atoms with Gasteiger partial charge in [-0.15, -0.1) is 0 Å². The number of aryl methyl sites for hydroxylation is 1. The SMILES string of the molecule is COc1nc(-c2cccc(-c3cccc(COc4nc(OCc5cncc(C#N)c5)c(CCC[C@@H]5CCC(=O)N5)cc4Br)c3Cl)c2Cl)ccc1C1=NCCN1. The number of amidine groups is 1. The summed E-state index contributed by atoms with van der Waals surface area (Å²) in [5.41, 5.74) is 6.44. The van der Waals surface area contributed by atoms with Gasteiger partial charge in [0.05, 0.1) is 45.0 Å². The third-order valence-electron chi connectivity index (χ3n) is 9.36. The van der Waals surface area contributed by atoms with E-state index in [-0.39, 0.29) is 25.2 Å². The highest BCUT2D eigenvalue weighted by Crippen LogP contribution is 2.41. The van der Waals surface area contributed by atoms with Crippen molar-refractivity contribution in [3.8, 4) is 46.1 Å². The molecule has 5 aromatic rings. The molecule has 1 saturated heterocycles. The zero-order valence-electron chi connectivity index (χ0n) is 29.9. The summed E-state index contributed by atoms with van der Waals surface area (Å²) in [5.74, 6) is 2.05. The van der Waals surface area contributed by atoms with Gasteiger partial charge < -0.3 is 24.8 Å². The molecule has 1 atom stereocenters. The minimum absolute atomic E-state index is 0.100. The number of aliphatic imine (C=N–C) groups is 1. The number of pyridine rings is 3. The van der Waals surface area contributed by atoms with Gasteiger partial charge in [-0.05, 0) is 65.9 Å². The molecule has 0 radical (unpaired) electrons. The minimum Gasteiger partial charge on any atom is -0.480 e. The summed E-state index contributed by atoms with van der Waals surface area (Å²) in [5, 5.41) is 16.6. The maximum absolute atomic E-state index is 11.7. The molecule has 3 aromatic heterocycles. The number of ether oxygens (including phenoxy) is 3. The van der Waals surface area contributed by atoms with Crippen molar-refractivity contribution in [1.29, 1.82) is 5.26 Å². The maximum Gasteiger partial charge on any atom is 0.231 e. The van der Waals surface area contributed by atoms with Gasteiger partial charge in [-0.2, -0.15) is 10.2 Å². The average Bonchev–Trinajstić information content (AvgIpc) is 3.90. The first-order valence-electron chi connectivity index (χ1n) is 17.8. The predicted molar refractivity (Wildman–Crippen MR) is 215 cm³/mol. The lowest BCUT2D eigenvalue weighted by atomic mass is 9.99. The normalized spacial score (nSPS) is 14.9. The topological polar surface area (TPSA) is 144 Å². The van der Waals surface area contributed by atoms with Gasteiger partial charge in [0, 0.05) is 64.8 Å². The maximum atomic E-state index is 11.7. The van der Waals surface area contributed by atoms with E-state index in [1.165, 1.54) is 6.20 Å². The first kappa shape index (κ1) is 38.1. The minimum atomic E-state index is 0.100. The van der Waals surface area contributed by atoms with Crippen molar-refractivity contribution in [2.24, 2.45) is 4.99 Å². The molecule has 7 rings (SSSR count). The average molecular weight is 842 g/mol. The van der Waals surface area contributed by atoms with Crippen LogP contribution in [0.2, 0.25) is 10.0 Å². The standard InChI is InChI=1S/C41H36BrCl2N7O4/c1-53-40-32(38-47-15-16-48-38)12-13-34(50-40)31-10-4-9-30(37(31)44)29-8-3-6-27(36(29)43)23-55-41-33(42)18-26(5-2-7-28-11-14-35(52)49-28)39(51-41)54-22-25-17-24(19-45)20-46-21-25/h3-4,6,8-10,12-13,17-18,20-21,28H,2,5,7,11,14-16,22-23H2,1H3,(H,47,48)(H,49,52)/t28-/m1/s1. The molecule has 5 heterocycles. The fraction of sp³-hybridized carbons (Fsp3) is 0.268. The van der Waals surface area contributed by atoms with Gasteiger partial charge in [-0.1, -0.05) is 59.6 Å². The second-order valence-corrected chi connectivity index (χ2v) is 14.7. The van der Waals surface area contributed by atoms with E-state index < -0.39 is 0 Å². The summed E-state index contributed by atoms with van der Waals surface area (Å²) < 4.78 is 18.8. The lowest BCUT2D eigenvalue weighted by molar-refractivity contribution is -0.119. The van der Waals surface area contributed by atoms with Crippen LogP contribution in [0.3, 0.4) is 0 Å². The quantitative estimate of drug-likeness (QED) is 0.113. The van der Waals surface area contributed by atoms with E-state index >= 15 is 0 Å². The van der Waals surface area contributed by atoms with Crippen molar-refractivity contribution in [1.82, 2.24) is 25.6 Å². The fourth-order valence-corrected chi connectivity index (χ4v) is 7.69. The monoisotopic (exact) mass is 839 g/mol. The third-order valence-corrected chi connectivity index (χ3v) is 10.8. The third kappa shape index (κ3) is 8.86. The molecule has 280 valence electrons. The second kappa shape index (κ2) is 17.5. The number of amides is 1. The van der Waals surface area contributed by atoms with Gasteiger partial charge in [-0.3, -0.25) is 14.8 Å². The molecule has 2 aliphatic rings. The molecular weight excluding hydrogens is 805 g/mol. The summed E-state index contributed by atoms with van der Waals surface area (Å²) in [6.07, 6.45) is 6.93. The van der Waals surface area contributed by atoms with E-state index in [9.17, 15) is 10.1 Å². The highest BCUT2D eigenvalue weighted by atomic mass is 79.9. The molecule has 0 saturated carbocycles. The van der Waals surface area contributed by atoms with Crippen LogP contribution in [-0.2, 0) is 24.4 Å². The molecule has 2 aromatic carbocycles. The second-order valence-electron chi connectivity index (χ2n) is 13.1. The van der Waals surface area contributed by atoms with E-state index in [1.807, 2.05) is 54.6 Å². The van der Waals surface area contributed by atoms with Crippen molar-refractivity contribution in [3.63, 3.8) is 0 Å². The zero-order valence-corrected chi connectivity index (χ0v) is 33.0. The number of methoxy groups -OCH3 is 1. The fourth-order valence-electron chi connectivity index (χ4n) is 6.60. The van der Waals surface area contributed by atoms with Crippen LogP contribution in [0.5, 0.6) is 17.6 Å². The Balaban J connectivity index is 1.11. The molecule has 0 unspecified atom stereocenters. The Morgan fingerprint density at radius 1 is 0.909 bits per heavy atom. The van der Waals surface area contributed by atoms with Crippen molar-refractivity contribution >= 4 is 50.9 Å². The van der Waals surface area contributed by atoms with Gasteiger partial charge >= 0.3 is 0 Å². The van der Waals surface area contributed by atoms with Gasteiger partial charge in [0.1, 0.15) is 25.1 Å². The summed E-state index contributed by atoms with van der Waals surface area (Å²) in [6, 6.07) is 21.3. The number of hydrogen-bond donors (Lipinski definition) is 2. The highest BCUT2D eigenvalue weighted by molar-refractivity contribution is 9.10. The molecule has 2 aliphatic heterocycles. The van der Waals surface area contributed by atoms with Crippen molar-refractivity contribution in [3.05, 3.63) is 115 Å². The molecule has 2 N–H and O–H groups in total. The predicted octanol–water partition coefficient (Wildman–Crippen LogP) is 8.26. The van der Waals surface area contributed by atoms with E-state index in [1.54, 1.807) is 19.4 Å². The first-order valence-corrected chi connectivity index (χ1v) is 19.3. The number of halogens is 3. The summed E-state index contributed by atoms with van der Waals surface area (Å²) in [4.78, 5) is 29.9. The van der Waals surface area contributed by atoms with E-state index in [0.717, 1.165) is 70.6 Å². The Morgan fingerprint density at radius 3 is 2.47 bits per heavy atom. The van der Waals surface area contributed by atoms with E-state index in [0.29, 0.717) is 62.8 Å². The Kier molecular flexibility index (Phi) is 12.1. The van der Waals surface area contributed by atoms with Crippen LogP contribution in [0.1, 0.15) is 53.5 Å². The number of nitrogens with zero attached hydrogens (tertiary/aromatic N) is 5. The molecule has 14 heteroatoms. The van der Waals surface area contributed by atoms with Crippen LogP contribution in [0.25, 0.3) is 22.4 Å². The number of benzene rings is 2. The van der Waals surface area contributed by atoms with Crippen LogP contribution in [-0.4, -0.2) is 52.9 Å². The summed E-state index contributed by atoms with van der Waals surface area (Å²) in [7, 11) is 1.59. The molecule has 55 heavy (non-hydrogen) atoms. The number of carbonyl (C=O) groups is 1. The van der Waals surface area contributed by atoms with Gasteiger partial charge in [-0.25, -0.2) is 4.98 Å². The lowest BCUT2D eigenvalue weighted by Crippen LogP contribution is -2.25. The Labute approximate surface area is 337 Å². The van der Waals surface area contributed by atoms with Crippen LogP contribution in [0, 0.1) is 11.3 Å². The number of nitrogens with one attached hydrogen (secondary N) is 2. The van der Waals surface area contributed by atoms with Gasteiger partial charge in [0.25, 0.3) is 0 Å². The van der Waals surface area contributed by atoms with Crippen LogP contribution in [0.4, 0.5) is 0 Å². The molecule has 0 spiro atoms. The summed E-state index contributed by atoms with van der Waals surface area (Å²) in [6.45, 7) is 1.76. The number of hydrogen-bond acceptors (Lipinski definition) is 10. The molecule has 1 fully saturated rings. The molecular formula is C41H36BrCl2N7O4. The first-order chi connectivity index (χ1) is 26.8. The lowest BCUT2D eigenvalue weighted by Gasteiger charge is -2.17. The van der Waals surface area contributed by atoms with Gasteiger partial charge in [0.2, 0.25) is 23.5 Å². The number of carbonyl (C=O) groups excluding carboxylic acids is 1. The van der Waals surface area contributed by atoms with Crippen molar-refractivity contribution < 1.29 is 19.0 Å². The Bertz CT molecular complexity index is 2320. The van der Waals surface area contributed by atoms with Crippen molar-refractivity contribution in [2.75, 3.05) is 20.2 Å². The van der Waals surface area contributed by atoms with Crippen molar-refractivity contribution in [2.45, 2.75) is 51.4 Å². The smallest absolute Gasteiger partial charge is 0.231 e. The number of rotatable bonds is 14. The number of aromatic nitrogens is 3. The summed E-state index contributed by atoms with van der Waals surface area (Å²) >= 11 is 17.8. The van der Waals surface area contributed by atoms with Crippen LogP contribution >= 0.6 is 39.1 Å². The highest BCUT2D eigenvalue weighted by Gasteiger charge is 2.22. The van der Waals surface area contributed by atoms with E-state index in [2.05, 4.69) is 42.6 Å². The van der Waals surface area contributed by atoms with Gasteiger partial charge in [0.15, 0.2) is 0 Å². The van der Waals surface area contributed by atoms with Crippen LogP contribution < -0.4 is 24.8 Å². The molecule has 1 amide bonds. The number of nitriles is 1. The molecule has 11 nitrogen and oxygen atoms in total. The zero-order chi connectivity index (χ0) is 38.3. The Hall–Kier alpha value is -5.22. The van der Waals surface area contributed by atoms with E-state index in [4.69, 9.17) is 47.4 Å². The molecule has 0 bridgehead atoms.